The zero-order valence-electron chi connectivity index (χ0n) is 17.1. The molecule has 1 aromatic carbocycles. The Bertz CT molecular complexity index is 1170. The molecule has 1 atom stereocenters. The van der Waals surface area contributed by atoms with E-state index in [0.717, 1.165) is 6.07 Å². The van der Waals surface area contributed by atoms with Gasteiger partial charge in [-0.05, 0) is 26.2 Å². The average molecular weight is 434 g/mol. The van der Waals surface area contributed by atoms with E-state index in [1.54, 1.807) is 20.0 Å². The fourth-order valence-electron chi connectivity index (χ4n) is 3.95. The first-order valence-electron chi connectivity index (χ1n) is 10.2. The third-order valence-electron chi connectivity index (χ3n) is 5.71. The highest BCUT2D eigenvalue weighted by Gasteiger charge is 2.31. The van der Waals surface area contributed by atoms with E-state index >= 15 is 0 Å². The lowest BCUT2D eigenvalue weighted by molar-refractivity contribution is 0.134. The minimum Gasteiger partial charge on any atom is -0.362 e. The number of halogens is 4. The molecule has 0 amide bonds. The highest BCUT2D eigenvalue weighted by atomic mass is 19.3. The summed E-state index contributed by atoms with van der Waals surface area (Å²) in [5.41, 5.74) is -0.418. The number of benzene rings is 1. The quantitative estimate of drug-likeness (QED) is 0.527. The van der Waals surface area contributed by atoms with Gasteiger partial charge in [0.1, 0.15) is 23.6 Å². The second kappa shape index (κ2) is 8.28. The van der Waals surface area contributed by atoms with Crippen LogP contribution in [-0.4, -0.2) is 20.7 Å². The molecule has 1 aliphatic rings. The number of rotatable bonds is 6. The van der Waals surface area contributed by atoms with E-state index in [4.69, 9.17) is 0 Å². The number of anilines is 1. The molecule has 4 rings (SSSR count). The topological polar surface area (TPSA) is 59.8 Å². The van der Waals surface area contributed by atoms with E-state index in [-0.39, 0.29) is 30.0 Å². The van der Waals surface area contributed by atoms with Crippen LogP contribution in [0, 0.1) is 12.7 Å². The van der Waals surface area contributed by atoms with Crippen LogP contribution in [0.3, 0.4) is 0 Å². The van der Waals surface area contributed by atoms with Crippen LogP contribution >= 0.6 is 0 Å². The first-order chi connectivity index (χ1) is 14.8. The maximum absolute atomic E-state index is 14.7. The van der Waals surface area contributed by atoms with E-state index in [9.17, 15) is 22.4 Å². The normalized spacial score (nSPS) is 19.5. The highest BCUT2D eigenvalue weighted by Crippen LogP contribution is 2.35. The minimum atomic E-state index is -2.92. The van der Waals surface area contributed by atoms with Crippen LogP contribution in [0.4, 0.5) is 23.4 Å². The molecular formula is C22H22F4N4O. The number of hydrogen-bond acceptors (Lipinski definition) is 4. The Kier molecular flexibility index (Phi) is 5.68. The van der Waals surface area contributed by atoms with Crippen molar-refractivity contribution in [1.82, 2.24) is 14.5 Å². The maximum atomic E-state index is 14.7. The van der Waals surface area contributed by atoms with E-state index in [1.807, 2.05) is 0 Å². The summed E-state index contributed by atoms with van der Waals surface area (Å²) in [7, 11) is 0. The molecule has 2 heterocycles. The number of nitrogens with one attached hydrogen (secondary N) is 1. The summed E-state index contributed by atoms with van der Waals surface area (Å²) in [4.78, 5) is 21.2. The number of fused-ring (bicyclic) bond motifs is 1. The molecule has 0 bridgehead atoms. The van der Waals surface area contributed by atoms with Crippen molar-refractivity contribution in [3.63, 3.8) is 0 Å². The molecule has 1 fully saturated rings. The van der Waals surface area contributed by atoms with E-state index < -0.39 is 30.0 Å². The predicted octanol–water partition coefficient (Wildman–Crippen LogP) is 5.41. The largest absolute Gasteiger partial charge is 0.362 e. The van der Waals surface area contributed by atoms with Crippen LogP contribution in [0.25, 0.3) is 10.9 Å². The number of aromatic nitrogens is 3. The third kappa shape index (κ3) is 4.00. The van der Waals surface area contributed by atoms with Crippen LogP contribution in [0.1, 0.15) is 61.6 Å². The minimum absolute atomic E-state index is 0.109. The fraction of sp³-hybridized carbons (Fsp3) is 0.409. The van der Waals surface area contributed by atoms with Gasteiger partial charge >= 0.3 is 0 Å². The van der Waals surface area contributed by atoms with Crippen LogP contribution in [0.15, 0.2) is 35.3 Å². The maximum Gasteiger partial charge on any atom is 0.266 e. The van der Waals surface area contributed by atoms with E-state index in [1.165, 1.54) is 22.8 Å². The molecule has 0 saturated heterocycles. The van der Waals surface area contributed by atoms with Gasteiger partial charge in [-0.1, -0.05) is 25.1 Å². The number of nitrogens with zero attached hydrogens (tertiary/aromatic N) is 3. The number of hydrogen-bond donors (Lipinski definition) is 1. The summed E-state index contributed by atoms with van der Waals surface area (Å²) in [6.45, 7) is 3.46. The summed E-state index contributed by atoms with van der Waals surface area (Å²) in [6, 6.07) is 4.44. The third-order valence-corrected chi connectivity index (χ3v) is 5.71. The van der Waals surface area contributed by atoms with Gasteiger partial charge < -0.3 is 9.88 Å². The second-order valence-corrected chi connectivity index (χ2v) is 7.82. The molecule has 164 valence electrons. The van der Waals surface area contributed by atoms with E-state index in [0.29, 0.717) is 29.0 Å². The molecule has 1 N–H and O–H groups in total. The number of aryl methyl sites for hydroxylation is 1. The average Bonchev–Trinajstić information content (AvgIpc) is 2.69. The lowest BCUT2D eigenvalue weighted by Gasteiger charge is -2.31. The van der Waals surface area contributed by atoms with Crippen LogP contribution in [-0.2, 0) is 0 Å². The Balaban J connectivity index is 1.77. The monoisotopic (exact) mass is 434 g/mol. The van der Waals surface area contributed by atoms with Gasteiger partial charge in [0, 0.05) is 23.9 Å². The van der Waals surface area contributed by atoms with Gasteiger partial charge in [-0.15, -0.1) is 0 Å². The van der Waals surface area contributed by atoms with Crippen molar-refractivity contribution >= 4 is 16.7 Å². The molecule has 9 heteroatoms. The molecule has 0 aliphatic heterocycles. The Morgan fingerprint density at radius 2 is 1.94 bits per heavy atom. The second-order valence-electron chi connectivity index (χ2n) is 7.82. The standard InChI is InChI=1S/C22H22F4N4O/c1-3-17(14-5-4-6-15(20(14)24)21(25)26)29-22-16-10-30(13-7-12(23)8-13)19(31)9-18(16)27-11(2)28-22/h4-6,9-10,12-13,17,21H,3,7-8H2,1-2H3,(H,27,28,29). The lowest BCUT2D eigenvalue weighted by Crippen LogP contribution is -2.34. The summed E-state index contributed by atoms with van der Waals surface area (Å²) < 4.78 is 55.8. The summed E-state index contributed by atoms with van der Waals surface area (Å²) in [6.07, 6.45) is -1.31. The van der Waals surface area contributed by atoms with Crippen molar-refractivity contribution in [3.05, 3.63) is 63.6 Å². The smallest absolute Gasteiger partial charge is 0.266 e. The first-order valence-corrected chi connectivity index (χ1v) is 10.2. The molecule has 0 radical (unpaired) electrons. The molecule has 0 spiro atoms. The zero-order chi connectivity index (χ0) is 22.3. The molecule has 5 nitrogen and oxygen atoms in total. The van der Waals surface area contributed by atoms with Crippen LogP contribution in [0.2, 0.25) is 0 Å². The lowest BCUT2D eigenvalue weighted by atomic mass is 9.90. The van der Waals surface area contributed by atoms with Gasteiger partial charge in [0.15, 0.2) is 0 Å². The highest BCUT2D eigenvalue weighted by molar-refractivity contribution is 5.88. The molecule has 3 aromatic rings. The molecule has 1 saturated carbocycles. The Hall–Kier alpha value is -2.97. The van der Waals surface area contributed by atoms with Crippen LogP contribution < -0.4 is 10.9 Å². The van der Waals surface area contributed by atoms with Gasteiger partial charge in [-0.25, -0.2) is 27.5 Å². The predicted molar refractivity (Wildman–Crippen MR) is 110 cm³/mol. The molecule has 1 unspecified atom stereocenters. The van der Waals surface area contributed by atoms with Crippen molar-refractivity contribution in [2.75, 3.05) is 5.32 Å². The van der Waals surface area contributed by atoms with E-state index in [2.05, 4.69) is 15.3 Å². The SMILES string of the molecule is CCC(Nc1nc(C)nc2cc(=O)n(C3CC(F)C3)cc12)c1cccc(C(F)F)c1F. The Morgan fingerprint density at radius 3 is 2.58 bits per heavy atom. The van der Waals surface area contributed by atoms with Crippen LogP contribution in [0.5, 0.6) is 0 Å². The molecule has 1 aliphatic carbocycles. The fourth-order valence-corrected chi connectivity index (χ4v) is 3.95. The summed E-state index contributed by atoms with van der Waals surface area (Å²) in [5.74, 6) is -0.190. The number of pyridine rings is 1. The Labute approximate surface area is 176 Å². The number of alkyl halides is 3. The van der Waals surface area contributed by atoms with Crippen molar-refractivity contribution in [2.24, 2.45) is 0 Å². The molecule has 31 heavy (non-hydrogen) atoms. The summed E-state index contributed by atoms with van der Waals surface area (Å²) >= 11 is 0. The van der Waals surface area contributed by atoms with Crippen molar-refractivity contribution in [3.8, 4) is 0 Å². The van der Waals surface area contributed by atoms with Gasteiger partial charge in [0.2, 0.25) is 0 Å². The van der Waals surface area contributed by atoms with Crippen molar-refractivity contribution in [1.29, 1.82) is 0 Å². The summed E-state index contributed by atoms with van der Waals surface area (Å²) in [5, 5.41) is 3.67. The Morgan fingerprint density at radius 1 is 1.23 bits per heavy atom. The molecule has 2 aromatic heterocycles. The van der Waals surface area contributed by atoms with Gasteiger partial charge in [0.25, 0.3) is 12.0 Å². The van der Waals surface area contributed by atoms with Gasteiger partial charge in [-0.2, -0.15) is 0 Å². The molecular weight excluding hydrogens is 412 g/mol. The van der Waals surface area contributed by atoms with Gasteiger partial charge in [0.05, 0.1) is 22.5 Å². The van der Waals surface area contributed by atoms with Crippen molar-refractivity contribution < 1.29 is 17.6 Å². The van der Waals surface area contributed by atoms with Gasteiger partial charge in [-0.3, -0.25) is 4.79 Å². The first kappa shape index (κ1) is 21.3. The van der Waals surface area contributed by atoms with Crippen molar-refractivity contribution in [2.45, 2.75) is 57.8 Å². The zero-order valence-corrected chi connectivity index (χ0v) is 17.1.